The molecule has 6 nitrogen and oxygen atoms in total. The minimum absolute atomic E-state index is 0.0181. The third-order valence-corrected chi connectivity index (χ3v) is 4.71. The average molecular weight is 344 g/mol. The van der Waals surface area contributed by atoms with E-state index in [1.54, 1.807) is 20.5 Å². The van der Waals surface area contributed by atoms with Crippen LogP contribution >= 0.6 is 0 Å². The predicted octanol–water partition coefficient (Wildman–Crippen LogP) is 3.65. The third kappa shape index (κ3) is 3.57. The highest BCUT2D eigenvalue weighted by Gasteiger charge is 2.32. The fourth-order valence-electron chi connectivity index (χ4n) is 3.30. The van der Waals surface area contributed by atoms with Crippen molar-refractivity contribution in [3.05, 3.63) is 47.4 Å². The quantitative estimate of drug-likeness (QED) is 0.899. The maximum atomic E-state index is 12.7. The number of aryl methyl sites for hydroxylation is 1. The number of urea groups is 1. The van der Waals surface area contributed by atoms with Gasteiger partial charge in [0.15, 0.2) is 0 Å². The number of nitrogens with one attached hydrogen (secondary N) is 1. The molecule has 0 radical (unpaired) electrons. The van der Waals surface area contributed by atoms with Crippen LogP contribution in [0.2, 0.25) is 0 Å². The molecule has 1 aromatic carbocycles. The molecule has 0 bridgehead atoms. The lowest BCUT2D eigenvalue weighted by Crippen LogP contribution is -2.39. The van der Waals surface area contributed by atoms with Crippen LogP contribution in [-0.4, -0.2) is 31.7 Å². The largest absolute Gasteiger partial charge is 0.497 e. The Labute approximate surface area is 147 Å². The minimum Gasteiger partial charge on any atom is -0.497 e. The lowest BCUT2D eigenvalue weighted by atomic mass is 10.0. The van der Waals surface area contributed by atoms with E-state index in [-0.39, 0.29) is 12.1 Å². The Morgan fingerprint density at radius 3 is 2.84 bits per heavy atom. The summed E-state index contributed by atoms with van der Waals surface area (Å²) in [6.45, 7) is 3.07. The molecule has 2 aromatic rings. The molecule has 2 amide bonds. The van der Waals surface area contributed by atoms with Crippen LogP contribution in [0.15, 0.2) is 34.9 Å². The Morgan fingerprint density at radius 1 is 1.32 bits per heavy atom. The van der Waals surface area contributed by atoms with Crippen LogP contribution in [0.4, 0.5) is 4.79 Å². The van der Waals surface area contributed by atoms with E-state index >= 15 is 0 Å². The summed E-state index contributed by atoms with van der Waals surface area (Å²) >= 11 is 0. The number of amides is 2. The summed E-state index contributed by atoms with van der Waals surface area (Å²) in [5.41, 5.74) is 1.97. The maximum Gasteiger partial charge on any atom is 0.318 e. The molecule has 25 heavy (non-hydrogen) atoms. The highest BCUT2D eigenvalue weighted by Crippen LogP contribution is 2.38. The van der Waals surface area contributed by atoms with Crippen molar-refractivity contribution in [2.24, 2.45) is 0 Å². The molecule has 1 aromatic heterocycles. The minimum atomic E-state index is -0.0760. The van der Waals surface area contributed by atoms with Gasteiger partial charge < -0.3 is 24.1 Å². The van der Waals surface area contributed by atoms with E-state index in [4.69, 9.17) is 13.9 Å². The van der Waals surface area contributed by atoms with Crippen LogP contribution in [0, 0.1) is 6.92 Å². The highest BCUT2D eigenvalue weighted by atomic mass is 16.5. The zero-order chi connectivity index (χ0) is 17.8. The number of hydrogen-bond donors (Lipinski definition) is 1. The number of carbonyl (C=O) groups is 1. The Hall–Kier alpha value is -2.63. The second-order valence-corrected chi connectivity index (χ2v) is 6.12. The van der Waals surface area contributed by atoms with E-state index in [1.165, 1.54) is 0 Å². The molecule has 0 saturated carbocycles. The SMILES string of the molecule is COc1ccc(OC)c(C2CCCN2C(=O)NCc2ccoc2C)c1. The first-order valence-electron chi connectivity index (χ1n) is 8.43. The molecule has 1 atom stereocenters. The molecule has 134 valence electrons. The fraction of sp³-hybridized carbons (Fsp3) is 0.421. The molecular formula is C19H24N2O4. The van der Waals surface area contributed by atoms with E-state index in [1.807, 2.05) is 36.1 Å². The van der Waals surface area contributed by atoms with E-state index in [9.17, 15) is 4.79 Å². The molecule has 3 rings (SSSR count). The molecule has 2 heterocycles. The van der Waals surface area contributed by atoms with Crippen LogP contribution in [0.5, 0.6) is 11.5 Å². The van der Waals surface area contributed by atoms with Crippen molar-refractivity contribution in [1.82, 2.24) is 10.2 Å². The second-order valence-electron chi connectivity index (χ2n) is 6.12. The Bertz CT molecular complexity index is 741. The molecular weight excluding hydrogens is 320 g/mol. The summed E-state index contributed by atoms with van der Waals surface area (Å²) < 4.78 is 16.1. The van der Waals surface area contributed by atoms with Crippen molar-refractivity contribution in [2.75, 3.05) is 20.8 Å². The zero-order valence-corrected chi connectivity index (χ0v) is 14.9. The van der Waals surface area contributed by atoms with Gasteiger partial charge in [0.2, 0.25) is 0 Å². The van der Waals surface area contributed by atoms with Gasteiger partial charge >= 0.3 is 6.03 Å². The summed E-state index contributed by atoms with van der Waals surface area (Å²) in [6.07, 6.45) is 3.50. The van der Waals surface area contributed by atoms with Gasteiger partial charge in [-0.1, -0.05) is 0 Å². The zero-order valence-electron chi connectivity index (χ0n) is 14.9. The number of hydrogen-bond acceptors (Lipinski definition) is 4. The van der Waals surface area contributed by atoms with Crippen molar-refractivity contribution in [1.29, 1.82) is 0 Å². The number of benzene rings is 1. The fourth-order valence-corrected chi connectivity index (χ4v) is 3.30. The van der Waals surface area contributed by atoms with Gasteiger partial charge in [-0.3, -0.25) is 0 Å². The van der Waals surface area contributed by atoms with Crippen LogP contribution in [-0.2, 0) is 6.54 Å². The van der Waals surface area contributed by atoms with Gasteiger partial charge in [0.1, 0.15) is 17.3 Å². The number of nitrogens with zero attached hydrogens (tertiary/aromatic N) is 1. The van der Waals surface area contributed by atoms with Gasteiger partial charge in [-0.2, -0.15) is 0 Å². The Morgan fingerprint density at radius 2 is 2.16 bits per heavy atom. The van der Waals surface area contributed by atoms with Gasteiger partial charge in [0.05, 0.1) is 26.5 Å². The molecule has 1 aliphatic rings. The number of ether oxygens (including phenoxy) is 2. The maximum absolute atomic E-state index is 12.7. The van der Waals surface area contributed by atoms with E-state index in [0.717, 1.165) is 47.8 Å². The van der Waals surface area contributed by atoms with Crippen LogP contribution < -0.4 is 14.8 Å². The molecule has 1 saturated heterocycles. The van der Waals surface area contributed by atoms with Crippen molar-refractivity contribution in [3.63, 3.8) is 0 Å². The molecule has 0 aliphatic carbocycles. The molecule has 1 aliphatic heterocycles. The molecule has 0 spiro atoms. The summed E-state index contributed by atoms with van der Waals surface area (Å²) in [6, 6.07) is 7.49. The summed E-state index contributed by atoms with van der Waals surface area (Å²) in [5.74, 6) is 2.36. The van der Waals surface area contributed by atoms with Gasteiger partial charge in [0, 0.05) is 24.2 Å². The van der Waals surface area contributed by atoms with Gasteiger partial charge in [-0.25, -0.2) is 4.79 Å². The second kappa shape index (κ2) is 7.51. The van der Waals surface area contributed by atoms with E-state index in [2.05, 4.69) is 5.32 Å². The lowest BCUT2D eigenvalue weighted by Gasteiger charge is -2.27. The van der Waals surface area contributed by atoms with E-state index in [0.29, 0.717) is 6.54 Å². The summed E-state index contributed by atoms with van der Waals surface area (Å²) in [5, 5.41) is 2.99. The van der Waals surface area contributed by atoms with E-state index < -0.39 is 0 Å². The normalized spacial score (nSPS) is 16.8. The van der Waals surface area contributed by atoms with Crippen molar-refractivity contribution in [2.45, 2.75) is 32.4 Å². The highest BCUT2D eigenvalue weighted by molar-refractivity contribution is 5.75. The Kier molecular flexibility index (Phi) is 5.16. The molecule has 1 N–H and O–H groups in total. The van der Waals surface area contributed by atoms with Gasteiger partial charge in [-0.05, 0) is 44.0 Å². The Balaban J connectivity index is 1.76. The number of rotatable bonds is 5. The summed E-state index contributed by atoms with van der Waals surface area (Å²) in [7, 11) is 3.28. The van der Waals surface area contributed by atoms with Crippen LogP contribution in [0.3, 0.4) is 0 Å². The first-order chi connectivity index (χ1) is 12.1. The van der Waals surface area contributed by atoms with Crippen molar-refractivity contribution >= 4 is 6.03 Å². The smallest absolute Gasteiger partial charge is 0.318 e. The first-order valence-corrected chi connectivity index (χ1v) is 8.43. The number of carbonyl (C=O) groups excluding carboxylic acids is 1. The number of furan rings is 1. The van der Waals surface area contributed by atoms with Crippen molar-refractivity contribution < 1.29 is 18.7 Å². The summed E-state index contributed by atoms with van der Waals surface area (Å²) in [4.78, 5) is 14.6. The molecule has 6 heteroatoms. The monoisotopic (exact) mass is 344 g/mol. The first kappa shape index (κ1) is 17.2. The molecule has 1 unspecified atom stereocenters. The van der Waals surface area contributed by atoms with Gasteiger partial charge in [0.25, 0.3) is 0 Å². The van der Waals surface area contributed by atoms with Crippen LogP contribution in [0.1, 0.15) is 35.8 Å². The predicted molar refractivity (Wildman–Crippen MR) is 93.9 cm³/mol. The average Bonchev–Trinajstić information content (AvgIpc) is 3.28. The third-order valence-electron chi connectivity index (χ3n) is 4.71. The number of methoxy groups -OCH3 is 2. The van der Waals surface area contributed by atoms with Crippen LogP contribution in [0.25, 0.3) is 0 Å². The molecule has 1 fully saturated rings. The lowest BCUT2D eigenvalue weighted by molar-refractivity contribution is 0.191. The van der Waals surface area contributed by atoms with Crippen molar-refractivity contribution in [3.8, 4) is 11.5 Å². The number of likely N-dealkylation sites (tertiary alicyclic amines) is 1. The standard InChI is InChI=1S/C19H24N2O4/c1-13-14(8-10-25-13)12-20-19(22)21-9-4-5-17(21)16-11-15(23-2)6-7-18(16)24-3/h6-8,10-11,17H,4-5,9,12H2,1-3H3,(H,20,22). The van der Waals surface area contributed by atoms with Gasteiger partial charge in [-0.15, -0.1) is 0 Å². The topological polar surface area (TPSA) is 63.9 Å².